The smallest absolute Gasteiger partial charge is 0.411 e. The van der Waals surface area contributed by atoms with E-state index in [1.165, 1.54) is 57.3 Å². The zero-order chi connectivity index (χ0) is 27.0. The Kier molecular flexibility index (Phi) is 6.90. The Morgan fingerprint density at radius 1 is 0.947 bits per heavy atom. The highest BCUT2D eigenvalue weighted by Crippen LogP contribution is 2.43. The number of nitro groups is 2. The largest absolute Gasteiger partial charge is 0.444 e. The molecule has 0 radical (unpaired) electrons. The van der Waals surface area contributed by atoms with E-state index in [1.54, 1.807) is 6.26 Å². The number of nitro benzene ring substituents is 2. The molecule has 0 heterocycles. The number of nitrogens with zero attached hydrogens (tertiary/aromatic N) is 2. The molecule has 0 bridgehead atoms. The fourth-order valence-electron chi connectivity index (χ4n) is 5.35. The van der Waals surface area contributed by atoms with Gasteiger partial charge in [-0.05, 0) is 82.4 Å². The molecular weight excluding hydrogens is 506 g/mol. The summed E-state index contributed by atoms with van der Waals surface area (Å²) in [6.45, 7) is 3.43. The molecule has 1 N–H and O–H groups in total. The van der Waals surface area contributed by atoms with Crippen molar-refractivity contribution < 1.29 is 19.4 Å². The summed E-state index contributed by atoms with van der Waals surface area (Å²) in [6, 6.07) is 12.8. The maximum atomic E-state index is 12.6. The van der Waals surface area contributed by atoms with E-state index in [0.717, 1.165) is 25.7 Å². The van der Waals surface area contributed by atoms with Gasteiger partial charge in [0.05, 0.1) is 9.85 Å². The fraction of sp³-hybridized carbons (Fsp3) is 0.250. The number of thioether (sulfide) groups is 1. The number of nitrogens with one attached hydrogen (secondary N) is 1. The summed E-state index contributed by atoms with van der Waals surface area (Å²) < 4.78 is 5.31. The second kappa shape index (κ2) is 10.3. The monoisotopic (exact) mass is 531 g/mol. The Hall–Kier alpha value is -4.18. The number of aryl methyl sites for hydroxylation is 4. The van der Waals surface area contributed by atoms with Crippen LogP contribution in [-0.4, -0.2) is 22.2 Å². The third-order valence-electron chi connectivity index (χ3n) is 7.05. The number of carbonyl (C=O) groups excluding carboxylic acids is 1. The van der Waals surface area contributed by atoms with E-state index in [0.29, 0.717) is 10.6 Å². The lowest BCUT2D eigenvalue weighted by Crippen LogP contribution is -2.17. The van der Waals surface area contributed by atoms with Gasteiger partial charge in [0, 0.05) is 29.8 Å². The van der Waals surface area contributed by atoms with Crippen LogP contribution in [0.4, 0.5) is 21.9 Å². The number of allylic oxidation sites excluding steroid dienone is 1. The van der Waals surface area contributed by atoms with Crippen molar-refractivity contribution in [3.05, 3.63) is 108 Å². The van der Waals surface area contributed by atoms with Gasteiger partial charge in [-0.3, -0.25) is 25.5 Å². The quantitative estimate of drug-likeness (QED) is 0.259. The van der Waals surface area contributed by atoms with Gasteiger partial charge in [-0.2, -0.15) is 0 Å². The molecule has 0 aliphatic heterocycles. The van der Waals surface area contributed by atoms with E-state index >= 15 is 0 Å². The molecule has 3 aromatic rings. The predicted molar refractivity (Wildman–Crippen MR) is 147 cm³/mol. The van der Waals surface area contributed by atoms with Crippen LogP contribution in [0.2, 0.25) is 0 Å². The van der Waals surface area contributed by atoms with Crippen LogP contribution in [-0.2, 0) is 43.4 Å². The van der Waals surface area contributed by atoms with Crippen molar-refractivity contribution in [1.82, 2.24) is 0 Å². The molecule has 38 heavy (non-hydrogen) atoms. The molecule has 194 valence electrons. The molecule has 0 unspecified atom stereocenters. The molecule has 2 aliphatic carbocycles. The molecule has 5 rings (SSSR count). The molecule has 10 heteroatoms. The number of benzene rings is 3. The summed E-state index contributed by atoms with van der Waals surface area (Å²) >= 11 is 1.27. The van der Waals surface area contributed by atoms with Gasteiger partial charge < -0.3 is 4.74 Å². The molecule has 0 spiro atoms. The SMILES string of the molecule is C=C(Cc1c([N+](=O)[O-])cc(COC(=O)Nc2cc3c4c(c2)CCc2cccc(c2-4)CC3)cc1[N+](=O)[O-])SC. The van der Waals surface area contributed by atoms with Gasteiger partial charge in [-0.1, -0.05) is 24.8 Å². The highest BCUT2D eigenvalue weighted by atomic mass is 32.2. The topological polar surface area (TPSA) is 125 Å². The highest BCUT2D eigenvalue weighted by Gasteiger charge is 2.28. The first-order chi connectivity index (χ1) is 18.2. The first-order valence-electron chi connectivity index (χ1n) is 12.1. The van der Waals surface area contributed by atoms with Gasteiger partial charge >= 0.3 is 6.09 Å². The molecule has 9 nitrogen and oxygen atoms in total. The number of hydrogen-bond donors (Lipinski definition) is 1. The molecular formula is C28H25N3O6S. The number of amides is 1. The van der Waals surface area contributed by atoms with E-state index in [9.17, 15) is 25.0 Å². The van der Waals surface area contributed by atoms with Crippen LogP contribution < -0.4 is 5.32 Å². The molecule has 2 aliphatic rings. The van der Waals surface area contributed by atoms with Gasteiger partial charge in [0.15, 0.2) is 0 Å². The zero-order valence-electron chi connectivity index (χ0n) is 20.7. The van der Waals surface area contributed by atoms with Gasteiger partial charge in [0.1, 0.15) is 12.2 Å². The lowest BCUT2D eigenvalue weighted by Gasteiger charge is -2.29. The summed E-state index contributed by atoms with van der Waals surface area (Å²) in [5.74, 6) is 0. The van der Waals surface area contributed by atoms with Gasteiger partial charge in [0.25, 0.3) is 11.4 Å². The second-order valence-electron chi connectivity index (χ2n) is 9.37. The predicted octanol–water partition coefficient (Wildman–Crippen LogP) is 6.54. The van der Waals surface area contributed by atoms with Gasteiger partial charge in [0.2, 0.25) is 0 Å². The summed E-state index contributed by atoms with van der Waals surface area (Å²) in [5.41, 5.74) is 7.65. The van der Waals surface area contributed by atoms with Crippen molar-refractivity contribution in [2.24, 2.45) is 0 Å². The molecule has 1 amide bonds. The van der Waals surface area contributed by atoms with E-state index < -0.39 is 27.3 Å². The van der Waals surface area contributed by atoms with Crippen molar-refractivity contribution in [2.45, 2.75) is 38.7 Å². The lowest BCUT2D eigenvalue weighted by molar-refractivity contribution is -0.395. The van der Waals surface area contributed by atoms with E-state index in [-0.39, 0.29) is 24.2 Å². The van der Waals surface area contributed by atoms with Crippen molar-refractivity contribution >= 4 is 34.9 Å². The van der Waals surface area contributed by atoms with Crippen LogP contribution in [0.15, 0.2) is 53.9 Å². The van der Waals surface area contributed by atoms with Crippen molar-refractivity contribution in [3.8, 4) is 11.1 Å². The number of ether oxygens (including phenoxy) is 1. The zero-order valence-corrected chi connectivity index (χ0v) is 21.6. The summed E-state index contributed by atoms with van der Waals surface area (Å²) in [7, 11) is 0. The Morgan fingerprint density at radius 2 is 1.47 bits per heavy atom. The maximum absolute atomic E-state index is 12.6. The molecule has 0 saturated heterocycles. The normalized spacial score (nSPS) is 12.9. The van der Waals surface area contributed by atoms with Gasteiger partial charge in [-0.25, -0.2) is 4.79 Å². The maximum Gasteiger partial charge on any atom is 0.411 e. The summed E-state index contributed by atoms with van der Waals surface area (Å²) in [6.07, 6.45) is 4.65. The van der Waals surface area contributed by atoms with Crippen LogP contribution in [0, 0.1) is 20.2 Å². The van der Waals surface area contributed by atoms with Crippen molar-refractivity contribution in [3.63, 3.8) is 0 Å². The Balaban J connectivity index is 1.34. The third kappa shape index (κ3) is 4.87. The van der Waals surface area contributed by atoms with Crippen LogP contribution in [0.25, 0.3) is 11.1 Å². The number of carbonyl (C=O) groups is 1. The fourth-order valence-corrected chi connectivity index (χ4v) is 5.63. The lowest BCUT2D eigenvalue weighted by atomic mass is 9.75. The van der Waals surface area contributed by atoms with Crippen LogP contribution >= 0.6 is 11.8 Å². The van der Waals surface area contributed by atoms with Crippen LogP contribution in [0.3, 0.4) is 0 Å². The van der Waals surface area contributed by atoms with Crippen LogP contribution in [0.5, 0.6) is 0 Å². The van der Waals surface area contributed by atoms with Gasteiger partial charge in [-0.15, -0.1) is 11.8 Å². The Labute approximate surface area is 223 Å². The third-order valence-corrected chi connectivity index (χ3v) is 7.77. The average molecular weight is 532 g/mol. The second-order valence-corrected chi connectivity index (χ2v) is 10.4. The molecule has 3 aromatic carbocycles. The van der Waals surface area contributed by atoms with Crippen LogP contribution in [0.1, 0.15) is 33.4 Å². The standard InChI is InChI=1S/C28H25N3O6S/c1-16(38-2)10-23-24(30(33)34)11-17(12-25(23)31(35)36)15-37-28(32)29-22-13-20-8-6-18-4-3-5-19-7-9-21(14-22)27(20)26(18)19/h3-5,11-14H,1,6-10,15H2,2H3,(H,29,32). The molecule has 0 atom stereocenters. The Morgan fingerprint density at radius 3 is 2.00 bits per heavy atom. The first kappa shape index (κ1) is 25.5. The Bertz CT molecular complexity index is 1430. The number of rotatable bonds is 8. The first-order valence-corrected chi connectivity index (χ1v) is 13.3. The average Bonchev–Trinajstić information content (AvgIpc) is 2.90. The number of hydrogen-bond acceptors (Lipinski definition) is 7. The van der Waals surface area contributed by atoms with E-state index in [4.69, 9.17) is 4.74 Å². The van der Waals surface area contributed by atoms with Crippen molar-refractivity contribution in [1.29, 1.82) is 0 Å². The minimum Gasteiger partial charge on any atom is -0.444 e. The summed E-state index contributed by atoms with van der Waals surface area (Å²) in [5, 5.41) is 26.1. The number of anilines is 1. The summed E-state index contributed by atoms with van der Waals surface area (Å²) in [4.78, 5) is 35.2. The molecule has 0 aromatic heterocycles. The minimum atomic E-state index is -0.741. The van der Waals surface area contributed by atoms with Crippen molar-refractivity contribution in [2.75, 3.05) is 11.6 Å². The molecule has 0 fully saturated rings. The van der Waals surface area contributed by atoms with E-state index in [1.807, 2.05) is 12.1 Å². The van der Waals surface area contributed by atoms with E-state index in [2.05, 4.69) is 30.1 Å². The molecule has 0 saturated carbocycles. The minimum absolute atomic E-state index is 0.0119. The highest BCUT2D eigenvalue weighted by molar-refractivity contribution is 8.02.